The van der Waals surface area contributed by atoms with Gasteiger partial charge in [0.05, 0.1) is 0 Å². The summed E-state index contributed by atoms with van der Waals surface area (Å²) in [6, 6.07) is 7.27. The van der Waals surface area contributed by atoms with Crippen molar-refractivity contribution in [1.29, 1.82) is 0 Å². The van der Waals surface area contributed by atoms with Gasteiger partial charge in [-0.3, -0.25) is 9.59 Å². The summed E-state index contributed by atoms with van der Waals surface area (Å²) < 4.78 is 5.47. The highest BCUT2D eigenvalue weighted by Gasteiger charge is 2.27. The van der Waals surface area contributed by atoms with Crippen LogP contribution in [0.25, 0.3) is 0 Å². The van der Waals surface area contributed by atoms with E-state index in [1.54, 1.807) is 38.4 Å². The molecule has 2 atom stereocenters. The zero-order valence-electron chi connectivity index (χ0n) is 14.0. The van der Waals surface area contributed by atoms with Gasteiger partial charge in [-0.25, -0.2) is 0 Å². The van der Waals surface area contributed by atoms with Crippen LogP contribution in [0.5, 0.6) is 5.75 Å². The van der Waals surface area contributed by atoms with Crippen LogP contribution in [0.1, 0.15) is 30.1 Å². The lowest BCUT2D eigenvalue weighted by Gasteiger charge is -2.36. The topological polar surface area (TPSA) is 75.9 Å². The lowest BCUT2D eigenvalue weighted by atomic mass is 9.98. The van der Waals surface area contributed by atoms with Crippen LogP contribution in [0.15, 0.2) is 24.3 Å². The molecule has 0 radical (unpaired) electrons. The van der Waals surface area contributed by atoms with Crippen molar-refractivity contribution >= 4 is 11.8 Å². The number of carbonyl (C=O) groups excluding carboxylic acids is 2. The van der Waals surface area contributed by atoms with Gasteiger partial charge in [-0.1, -0.05) is 6.07 Å². The van der Waals surface area contributed by atoms with Crippen LogP contribution in [0.4, 0.5) is 0 Å². The Kier molecular flexibility index (Phi) is 5.60. The third-order valence-corrected chi connectivity index (χ3v) is 4.12. The largest absolute Gasteiger partial charge is 0.484 e. The number of amides is 2. The van der Waals surface area contributed by atoms with Crippen molar-refractivity contribution in [2.45, 2.75) is 31.8 Å². The van der Waals surface area contributed by atoms with Crippen molar-refractivity contribution in [3.8, 4) is 5.75 Å². The third-order valence-electron chi connectivity index (χ3n) is 4.12. The molecule has 1 aromatic carbocycles. The number of hydrogen-bond acceptors (Lipinski definition) is 4. The molecule has 0 aliphatic carbocycles. The van der Waals surface area contributed by atoms with Crippen LogP contribution in [-0.4, -0.2) is 60.9 Å². The normalized spacial score (nSPS) is 21.0. The quantitative estimate of drug-likeness (QED) is 0.902. The van der Waals surface area contributed by atoms with Gasteiger partial charge in [-0.15, -0.1) is 0 Å². The van der Waals surface area contributed by atoms with Crippen LogP contribution < -0.4 is 10.5 Å². The van der Waals surface area contributed by atoms with Gasteiger partial charge in [-0.05, 0) is 38.0 Å². The van der Waals surface area contributed by atoms with E-state index in [1.807, 2.05) is 11.8 Å². The molecule has 126 valence electrons. The second-order valence-electron chi connectivity index (χ2n) is 6.24. The van der Waals surface area contributed by atoms with Gasteiger partial charge in [0.25, 0.3) is 11.8 Å². The maximum atomic E-state index is 12.7. The molecular formula is C17H25N3O3. The van der Waals surface area contributed by atoms with Gasteiger partial charge in [0.2, 0.25) is 0 Å². The number of rotatable bonds is 4. The number of likely N-dealkylation sites (tertiary alicyclic amines) is 1. The molecule has 2 unspecified atom stereocenters. The number of carbonyl (C=O) groups is 2. The molecule has 6 heteroatoms. The molecule has 1 aromatic rings. The lowest BCUT2D eigenvalue weighted by Crippen LogP contribution is -2.48. The van der Waals surface area contributed by atoms with Gasteiger partial charge < -0.3 is 20.3 Å². The zero-order chi connectivity index (χ0) is 17.0. The van der Waals surface area contributed by atoms with E-state index >= 15 is 0 Å². The van der Waals surface area contributed by atoms with Gasteiger partial charge >= 0.3 is 0 Å². The number of ether oxygens (including phenoxy) is 1. The van der Waals surface area contributed by atoms with E-state index < -0.39 is 0 Å². The first-order chi connectivity index (χ1) is 10.9. The fourth-order valence-electron chi connectivity index (χ4n) is 2.67. The highest BCUT2D eigenvalue weighted by Crippen LogP contribution is 2.21. The van der Waals surface area contributed by atoms with E-state index in [0.29, 0.717) is 17.9 Å². The Morgan fingerprint density at radius 2 is 2.13 bits per heavy atom. The summed E-state index contributed by atoms with van der Waals surface area (Å²) in [6.07, 6.45) is 1.64. The molecule has 6 nitrogen and oxygen atoms in total. The van der Waals surface area contributed by atoms with E-state index in [9.17, 15) is 9.59 Å². The molecule has 0 saturated carbocycles. The van der Waals surface area contributed by atoms with Crippen molar-refractivity contribution in [3.05, 3.63) is 29.8 Å². The number of piperidine rings is 1. The van der Waals surface area contributed by atoms with E-state index in [2.05, 4.69) is 0 Å². The molecule has 2 amide bonds. The van der Waals surface area contributed by atoms with Crippen molar-refractivity contribution in [2.75, 3.05) is 27.2 Å². The van der Waals surface area contributed by atoms with E-state index in [4.69, 9.17) is 10.5 Å². The predicted octanol–water partition coefficient (Wildman–Crippen LogP) is 1.11. The number of nitrogens with zero attached hydrogens (tertiary/aromatic N) is 2. The molecule has 0 bridgehead atoms. The summed E-state index contributed by atoms with van der Waals surface area (Å²) in [5, 5.41) is 0. The summed E-state index contributed by atoms with van der Waals surface area (Å²) in [6.45, 7) is 2.65. The molecule has 0 aromatic heterocycles. The van der Waals surface area contributed by atoms with Crippen molar-refractivity contribution < 1.29 is 14.3 Å². The fraction of sp³-hybridized carbons (Fsp3) is 0.529. The van der Waals surface area contributed by atoms with Gasteiger partial charge in [-0.2, -0.15) is 0 Å². The Labute approximate surface area is 137 Å². The minimum Gasteiger partial charge on any atom is -0.484 e. The zero-order valence-corrected chi connectivity index (χ0v) is 14.0. The minimum atomic E-state index is -0.125. The Morgan fingerprint density at radius 1 is 1.39 bits per heavy atom. The fourth-order valence-corrected chi connectivity index (χ4v) is 2.67. The molecule has 1 fully saturated rings. The molecule has 1 saturated heterocycles. The Hall–Kier alpha value is -2.08. The lowest BCUT2D eigenvalue weighted by molar-refractivity contribution is -0.130. The first-order valence-corrected chi connectivity index (χ1v) is 7.88. The van der Waals surface area contributed by atoms with Gasteiger partial charge in [0.15, 0.2) is 6.61 Å². The molecule has 23 heavy (non-hydrogen) atoms. The Morgan fingerprint density at radius 3 is 2.78 bits per heavy atom. The summed E-state index contributed by atoms with van der Waals surface area (Å²) in [5.41, 5.74) is 6.52. The minimum absolute atomic E-state index is 0.0196. The van der Waals surface area contributed by atoms with Crippen LogP contribution in [-0.2, 0) is 4.79 Å². The third kappa shape index (κ3) is 4.45. The molecule has 1 aliphatic rings. The van der Waals surface area contributed by atoms with E-state index in [1.165, 1.54) is 4.90 Å². The maximum Gasteiger partial charge on any atom is 0.259 e. The average molecular weight is 319 g/mol. The number of hydrogen-bond donors (Lipinski definition) is 1. The van der Waals surface area contributed by atoms with Crippen molar-refractivity contribution in [2.24, 2.45) is 5.73 Å². The summed E-state index contributed by atoms with van der Waals surface area (Å²) >= 11 is 0. The SMILES string of the molecule is CC1CC(N)CCN1C(=O)c1cccc(OCC(=O)N(C)C)c1. The molecule has 2 rings (SSSR count). The molecular weight excluding hydrogens is 294 g/mol. The smallest absolute Gasteiger partial charge is 0.259 e. The molecule has 1 aliphatic heterocycles. The van der Waals surface area contributed by atoms with Crippen LogP contribution in [0.2, 0.25) is 0 Å². The molecule has 0 spiro atoms. The second kappa shape index (κ2) is 7.46. The van der Waals surface area contributed by atoms with Gasteiger partial charge in [0, 0.05) is 38.3 Å². The number of likely N-dealkylation sites (N-methyl/N-ethyl adjacent to an activating group) is 1. The molecule has 2 N–H and O–H groups in total. The summed E-state index contributed by atoms with van der Waals surface area (Å²) in [7, 11) is 3.35. The van der Waals surface area contributed by atoms with Crippen LogP contribution in [0.3, 0.4) is 0 Å². The summed E-state index contributed by atoms with van der Waals surface area (Å²) in [4.78, 5) is 27.6. The van der Waals surface area contributed by atoms with Crippen LogP contribution >= 0.6 is 0 Å². The standard InChI is InChI=1S/C17H25N3O3/c1-12-9-14(18)7-8-20(12)17(22)13-5-4-6-15(10-13)23-11-16(21)19(2)3/h4-6,10,12,14H,7-9,11,18H2,1-3H3. The van der Waals surface area contributed by atoms with Crippen molar-refractivity contribution in [3.63, 3.8) is 0 Å². The predicted molar refractivity (Wildman–Crippen MR) is 88.3 cm³/mol. The van der Waals surface area contributed by atoms with E-state index in [-0.39, 0.29) is 30.5 Å². The Bertz CT molecular complexity index is 574. The maximum absolute atomic E-state index is 12.7. The molecule has 1 heterocycles. The first kappa shape index (κ1) is 17.3. The second-order valence-corrected chi connectivity index (χ2v) is 6.24. The van der Waals surface area contributed by atoms with Crippen molar-refractivity contribution in [1.82, 2.24) is 9.80 Å². The summed E-state index contributed by atoms with van der Waals surface area (Å²) in [5.74, 6) is 0.376. The number of nitrogens with two attached hydrogens (primary N) is 1. The first-order valence-electron chi connectivity index (χ1n) is 7.88. The van der Waals surface area contributed by atoms with E-state index in [0.717, 1.165) is 12.8 Å². The Balaban J connectivity index is 2.04. The number of benzene rings is 1. The van der Waals surface area contributed by atoms with Crippen LogP contribution in [0, 0.1) is 0 Å². The monoisotopic (exact) mass is 319 g/mol. The average Bonchev–Trinajstić information content (AvgIpc) is 2.52. The highest BCUT2D eigenvalue weighted by atomic mass is 16.5. The highest BCUT2D eigenvalue weighted by molar-refractivity contribution is 5.95. The van der Waals surface area contributed by atoms with Gasteiger partial charge in [0.1, 0.15) is 5.75 Å².